The van der Waals surface area contributed by atoms with Crippen molar-refractivity contribution in [3.8, 4) is 11.5 Å². The minimum Gasteiger partial charge on any atom is -0.497 e. The van der Waals surface area contributed by atoms with Crippen molar-refractivity contribution in [2.24, 2.45) is 0 Å². The number of urea groups is 1. The topological polar surface area (TPSA) is 88.7 Å². The van der Waals surface area contributed by atoms with Gasteiger partial charge in [0.25, 0.3) is 0 Å². The van der Waals surface area contributed by atoms with Crippen LogP contribution in [0.3, 0.4) is 0 Å². The molecule has 0 radical (unpaired) electrons. The quantitative estimate of drug-likeness (QED) is 0.733. The van der Waals surface area contributed by atoms with Crippen molar-refractivity contribution in [2.45, 2.75) is 18.9 Å². The molecule has 1 saturated carbocycles. The molecule has 1 aliphatic carbocycles. The summed E-state index contributed by atoms with van der Waals surface area (Å²) in [6.45, 7) is -0.103. The molecular formula is C14H19N3O4. The average Bonchev–Trinajstić information content (AvgIpc) is 3.29. The van der Waals surface area contributed by atoms with E-state index in [2.05, 4.69) is 16.0 Å². The van der Waals surface area contributed by atoms with Crippen molar-refractivity contribution >= 4 is 17.6 Å². The Bertz CT molecular complexity index is 529. The molecular weight excluding hydrogens is 274 g/mol. The van der Waals surface area contributed by atoms with Crippen molar-refractivity contribution < 1.29 is 19.1 Å². The first kappa shape index (κ1) is 15.0. The largest absolute Gasteiger partial charge is 0.497 e. The first-order valence-electron chi connectivity index (χ1n) is 6.68. The Morgan fingerprint density at radius 3 is 2.62 bits per heavy atom. The Kier molecular flexibility index (Phi) is 4.86. The predicted molar refractivity (Wildman–Crippen MR) is 77.7 cm³/mol. The summed E-state index contributed by atoms with van der Waals surface area (Å²) < 4.78 is 10.3. The molecule has 1 aromatic carbocycles. The smallest absolute Gasteiger partial charge is 0.315 e. The van der Waals surface area contributed by atoms with Crippen LogP contribution in [0.2, 0.25) is 0 Å². The van der Waals surface area contributed by atoms with Crippen LogP contribution in [0.15, 0.2) is 18.2 Å². The summed E-state index contributed by atoms with van der Waals surface area (Å²) in [5, 5.41) is 7.92. The van der Waals surface area contributed by atoms with Gasteiger partial charge in [0, 0.05) is 12.1 Å². The third-order valence-electron chi connectivity index (χ3n) is 3.00. The second-order valence-corrected chi connectivity index (χ2v) is 4.72. The minimum absolute atomic E-state index is 0.103. The number of ether oxygens (including phenoxy) is 2. The molecule has 0 unspecified atom stereocenters. The monoisotopic (exact) mass is 293 g/mol. The summed E-state index contributed by atoms with van der Waals surface area (Å²) in [7, 11) is 3.06. The van der Waals surface area contributed by atoms with Crippen molar-refractivity contribution in [1.82, 2.24) is 10.6 Å². The predicted octanol–water partition coefficient (Wildman–Crippen LogP) is 1.10. The normalized spacial score (nSPS) is 13.2. The third-order valence-corrected chi connectivity index (χ3v) is 3.00. The van der Waals surface area contributed by atoms with Crippen molar-refractivity contribution in [3.63, 3.8) is 0 Å². The number of carbonyl (C=O) groups is 2. The summed E-state index contributed by atoms with van der Waals surface area (Å²) >= 11 is 0. The van der Waals surface area contributed by atoms with E-state index in [4.69, 9.17) is 9.47 Å². The molecule has 7 heteroatoms. The summed E-state index contributed by atoms with van der Waals surface area (Å²) in [6.07, 6.45) is 2.01. The van der Waals surface area contributed by atoms with Gasteiger partial charge in [-0.25, -0.2) is 4.79 Å². The first-order chi connectivity index (χ1) is 10.1. The highest BCUT2D eigenvalue weighted by Crippen LogP contribution is 2.28. The highest BCUT2D eigenvalue weighted by atomic mass is 16.5. The van der Waals surface area contributed by atoms with Crippen LogP contribution in [-0.4, -0.2) is 38.7 Å². The molecule has 1 fully saturated rings. The van der Waals surface area contributed by atoms with Crippen molar-refractivity contribution in [1.29, 1.82) is 0 Å². The van der Waals surface area contributed by atoms with E-state index >= 15 is 0 Å². The number of hydrogen-bond donors (Lipinski definition) is 3. The molecule has 7 nitrogen and oxygen atoms in total. The summed E-state index contributed by atoms with van der Waals surface area (Å²) in [6, 6.07) is 5.00. The van der Waals surface area contributed by atoms with Gasteiger partial charge in [-0.15, -0.1) is 0 Å². The lowest BCUT2D eigenvalue weighted by atomic mass is 10.2. The lowest BCUT2D eigenvalue weighted by Crippen LogP contribution is -2.40. The maximum Gasteiger partial charge on any atom is 0.315 e. The number of benzene rings is 1. The van der Waals surface area contributed by atoms with Crippen molar-refractivity contribution in [2.75, 3.05) is 26.1 Å². The van der Waals surface area contributed by atoms with Crippen LogP contribution in [0.5, 0.6) is 11.5 Å². The second-order valence-electron chi connectivity index (χ2n) is 4.72. The SMILES string of the molecule is COc1ccc(NC(=O)CNC(=O)NC2CC2)c(OC)c1. The summed E-state index contributed by atoms with van der Waals surface area (Å²) in [5.41, 5.74) is 0.521. The molecule has 0 atom stereocenters. The Balaban J connectivity index is 1.85. The lowest BCUT2D eigenvalue weighted by Gasteiger charge is -2.12. The third kappa shape index (κ3) is 4.55. The maximum absolute atomic E-state index is 11.8. The lowest BCUT2D eigenvalue weighted by molar-refractivity contribution is -0.115. The molecule has 114 valence electrons. The zero-order valence-corrected chi connectivity index (χ0v) is 12.1. The van der Waals surface area contributed by atoms with Gasteiger partial charge in [0.1, 0.15) is 11.5 Å². The van der Waals surface area contributed by atoms with Crippen LogP contribution in [0.1, 0.15) is 12.8 Å². The van der Waals surface area contributed by atoms with E-state index in [1.807, 2.05) is 0 Å². The standard InChI is InChI=1S/C14H19N3O4/c1-20-10-5-6-11(12(7-10)21-2)17-13(18)8-15-14(19)16-9-3-4-9/h5-7,9H,3-4,8H2,1-2H3,(H,17,18)(H2,15,16,19). The number of rotatable bonds is 6. The van der Waals surface area contributed by atoms with Crippen LogP contribution in [0, 0.1) is 0 Å². The van der Waals surface area contributed by atoms with E-state index in [9.17, 15) is 9.59 Å². The van der Waals surface area contributed by atoms with Gasteiger partial charge in [0.15, 0.2) is 0 Å². The molecule has 21 heavy (non-hydrogen) atoms. The zero-order valence-electron chi connectivity index (χ0n) is 12.1. The highest BCUT2D eigenvalue weighted by molar-refractivity contribution is 5.95. The molecule has 0 bridgehead atoms. The molecule has 0 spiro atoms. The fraction of sp³-hybridized carbons (Fsp3) is 0.429. The highest BCUT2D eigenvalue weighted by Gasteiger charge is 2.23. The first-order valence-corrected chi connectivity index (χ1v) is 6.68. The molecule has 0 heterocycles. The fourth-order valence-electron chi connectivity index (χ4n) is 1.72. The van der Waals surface area contributed by atoms with Crippen LogP contribution >= 0.6 is 0 Å². The summed E-state index contributed by atoms with van der Waals surface area (Å²) in [4.78, 5) is 23.2. The van der Waals surface area contributed by atoms with Crippen LogP contribution in [0.25, 0.3) is 0 Å². The van der Waals surface area contributed by atoms with Crippen molar-refractivity contribution in [3.05, 3.63) is 18.2 Å². The minimum atomic E-state index is -0.329. The number of carbonyl (C=O) groups excluding carboxylic acids is 2. The fourth-order valence-corrected chi connectivity index (χ4v) is 1.72. The molecule has 3 amide bonds. The zero-order chi connectivity index (χ0) is 15.2. The Labute approximate surface area is 123 Å². The van der Waals surface area contributed by atoms with E-state index in [-0.39, 0.29) is 24.5 Å². The molecule has 3 N–H and O–H groups in total. The van der Waals surface area contributed by atoms with Gasteiger partial charge in [-0.05, 0) is 25.0 Å². The van der Waals surface area contributed by atoms with Gasteiger partial charge in [0.05, 0.1) is 26.5 Å². The van der Waals surface area contributed by atoms with E-state index in [1.165, 1.54) is 7.11 Å². The van der Waals surface area contributed by atoms with Gasteiger partial charge in [0.2, 0.25) is 5.91 Å². The number of methoxy groups -OCH3 is 2. The Hall–Kier alpha value is -2.44. The van der Waals surface area contributed by atoms with E-state index < -0.39 is 0 Å². The van der Waals surface area contributed by atoms with E-state index in [1.54, 1.807) is 25.3 Å². The van der Waals surface area contributed by atoms with Gasteiger partial charge in [-0.1, -0.05) is 0 Å². The van der Waals surface area contributed by atoms with Crippen LogP contribution in [-0.2, 0) is 4.79 Å². The second kappa shape index (κ2) is 6.83. The molecule has 0 aromatic heterocycles. The molecule has 1 aromatic rings. The number of amides is 3. The average molecular weight is 293 g/mol. The van der Waals surface area contributed by atoms with Gasteiger partial charge in [-0.2, -0.15) is 0 Å². The van der Waals surface area contributed by atoms with Crippen LogP contribution in [0.4, 0.5) is 10.5 Å². The maximum atomic E-state index is 11.8. The number of anilines is 1. The van der Waals surface area contributed by atoms with Gasteiger partial charge >= 0.3 is 6.03 Å². The van der Waals surface area contributed by atoms with E-state index in [0.717, 1.165) is 12.8 Å². The summed E-state index contributed by atoms with van der Waals surface area (Å²) in [5.74, 6) is 0.793. The van der Waals surface area contributed by atoms with Gasteiger partial charge in [-0.3, -0.25) is 4.79 Å². The Morgan fingerprint density at radius 2 is 2.00 bits per heavy atom. The molecule has 0 saturated heterocycles. The van der Waals surface area contributed by atoms with Crippen LogP contribution < -0.4 is 25.4 Å². The molecule has 1 aliphatic rings. The Morgan fingerprint density at radius 1 is 1.24 bits per heavy atom. The van der Waals surface area contributed by atoms with Gasteiger partial charge < -0.3 is 25.4 Å². The molecule has 2 rings (SSSR count). The van der Waals surface area contributed by atoms with E-state index in [0.29, 0.717) is 17.2 Å². The number of hydrogen-bond acceptors (Lipinski definition) is 4. The number of nitrogens with one attached hydrogen (secondary N) is 3. The molecule has 0 aliphatic heterocycles.